The Labute approximate surface area is 185 Å². The van der Waals surface area contributed by atoms with Crippen LogP contribution in [-0.4, -0.2) is 0 Å². The molecule has 0 aliphatic carbocycles. The number of anilines is 2. The Hall–Kier alpha value is -1.80. The van der Waals surface area contributed by atoms with Crippen LogP contribution in [0.5, 0.6) is 0 Å². The Balaban J connectivity index is 1.97. The molecule has 29 heavy (non-hydrogen) atoms. The molecule has 0 spiro atoms. The van der Waals surface area contributed by atoms with E-state index in [1.165, 1.54) is 22.4 Å². The number of nitrogens with zero attached hydrogens (tertiary/aromatic N) is 1. The van der Waals surface area contributed by atoms with Gasteiger partial charge in [0.05, 0.1) is 44.5 Å². The normalized spacial score (nSPS) is 12.7. The number of hydrogen-bond donors (Lipinski definition) is 0. The third-order valence-electron chi connectivity index (χ3n) is 4.94. The van der Waals surface area contributed by atoms with Gasteiger partial charge >= 0.3 is 6.18 Å². The first-order valence-corrected chi connectivity index (χ1v) is 10.9. The molecular formula is C23H19F3INS. The molecule has 0 saturated heterocycles. The zero-order valence-electron chi connectivity index (χ0n) is 16.1. The highest BCUT2D eigenvalue weighted by atomic mass is 127. The maximum atomic E-state index is 13.6. The average Bonchev–Trinajstić information content (AvgIpc) is 3.04. The first kappa shape index (κ1) is 20.5. The van der Waals surface area contributed by atoms with Crippen LogP contribution in [0.2, 0.25) is 0 Å². The molecule has 0 saturated carbocycles. The third kappa shape index (κ3) is 3.61. The fraction of sp³-hybridized carbons (Fsp3) is 0.217. The van der Waals surface area contributed by atoms with Crippen LogP contribution >= 0.6 is 34.2 Å². The molecule has 6 heteroatoms. The van der Waals surface area contributed by atoms with Crippen LogP contribution in [0.3, 0.4) is 0 Å². The smallest absolute Gasteiger partial charge is 0.281 e. The van der Waals surface area contributed by atoms with Gasteiger partial charge in [0.1, 0.15) is 0 Å². The molecular weight excluding hydrogens is 506 g/mol. The minimum Gasteiger partial charge on any atom is -0.281 e. The lowest BCUT2D eigenvalue weighted by Gasteiger charge is -2.22. The Kier molecular flexibility index (Phi) is 5.06. The summed E-state index contributed by atoms with van der Waals surface area (Å²) in [6, 6.07) is 17.8. The SMILES string of the molecule is CC(C)(C)c1cccc2c1sc1c(N(I)c3ccccc3C(F)(F)F)cccc12. The van der Waals surface area contributed by atoms with Gasteiger partial charge < -0.3 is 0 Å². The van der Waals surface area contributed by atoms with Crippen LogP contribution in [0.4, 0.5) is 24.5 Å². The number of hydrogen-bond acceptors (Lipinski definition) is 2. The second kappa shape index (κ2) is 7.16. The minimum atomic E-state index is -4.41. The van der Waals surface area contributed by atoms with Crippen LogP contribution in [-0.2, 0) is 11.6 Å². The first-order valence-electron chi connectivity index (χ1n) is 9.16. The Morgan fingerprint density at radius 1 is 0.724 bits per heavy atom. The van der Waals surface area contributed by atoms with Gasteiger partial charge in [0.25, 0.3) is 0 Å². The second-order valence-corrected chi connectivity index (χ2v) is 9.97. The van der Waals surface area contributed by atoms with Crippen molar-refractivity contribution in [1.29, 1.82) is 0 Å². The van der Waals surface area contributed by atoms with E-state index in [1.54, 1.807) is 20.5 Å². The number of halogens is 4. The van der Waals surface area contributed by atoms with E-state index in [-0.39, 0.29) is 11.1 Å². The maximum Gasteiger partial charge on any atom is 0.418 e. The predicted octanol–water partition coefficient (Wildman–Crippen LogP) is 8.86. The highest BCUT2D eigenvalue weighted by molar-refractivity contribution is 14.1. The molecule has 0 bridgehead atoms. The van der Waals surface area contributed by atoms with Crippen molar-refractivity contribution in [2.45, 2.75) is 32.4 Å². The van der Waals surface area contributed by atoms with Crippen molar-refractivity contribution in [3.63, 3.8) is 0 Å². The first-order chi connectivity index (χ1) is 13.6. The fourth-order valence-corrected chi connectivity index (χ4v) is 6.08. The van der Waals surface area contributed by atoms with Gasteiger partial charge in [-0.25, -0.2) is 0 Å². The molecule has 0 amide bonds. The molecule has 4 aromatic rings. The molecule has 1 heterocycles. The highest BCUT2D eigenvalue weighted by Crippen LogP contribution is 2.47. The number of fused-ring (bicyclic) bond motifs is 3. The fourth-order valence-electron chi connectivity index (χ4n) is 3.56. The van der Waals surface area contributed by atoms with E-state index in [2.05, 4.69) is 39.0 Å². The molecule has 0 fully saturated rings. The summed E-state index contributed by atoms with van der Waals surface area (Å²) in [5.74, 6) is 0. The third-order valence-corrected chi connectivity index (χ3v) is 7.26. The molecule has 0 aliphatic rings. The molecule has 0 radical (unpaired) electrons. The molecule has 0 aliphatic heterocycles. The summed E-state index contributed by atoms with van der Waals surface area (Å²) in [5, 5.41) is 2.22. The van der Waals surface area contributed by atoms with Crippen LogP contribution < -0.4 is 3.11 Å². The van der Waals surface area contributed by atoms with Gasteiger partial charge in [-0.2, -0.15) is 13.2 Å². The highest BCUT2D eigenvalue weighted by Gasteiger charge is 2.35. The van der Waals surface area contributed by atoms with Crippen molar-refractivity contribution in [2.75, 3.05) is 3.11 Å². The molecule has 3 aromatic carbocycles. The molecule has 0 unspecified atom stereocenters. The zero-order chi connectivity index (χ0) is 21.0. The van der Waals surface area contributed by atoms with Crippen molar-refractivity contribution in [1.82, 2.24) is 0 Å². The molecule has 0 atom stereocenters. The number of benzene rings is 3. The molecule has 4 rings (SSSR count). The molecule has 1 aromatic heterocycles. The number of rotatable bonds is 2. The number of alkyl halides is 3. The van der Waals surface area contributed by atoms with E-state index < -0.39 is 11.7 Å². The van der Waals surface area contributed by atoms with Gasteiger partial charge in [-0.05, 0) is 29.2 Å². The van der Waals surface area contributed by atoms with E-state index in [0.717, 1.165) is 27.2 Å². The van der Waals surface area contributed by atoms with Crippen molar-refractivity contribution in [2.24, 2.45) is 0 Å². The van der Waals surface area contributed by atoms with E-state index in [1.807, 2.05) is 41.1 Å². The lowest BCUT2D eigenvalue weighted by atomic mass is 9.86. The monoisotopic (exact) mass is 525 g/mol. The summed E-state index contributed by atoms with van der Waals surface area (Å²) in [6.07, 6.45) is -4.41. The van der Waals surface area contributed by atoms with Gasteiger partial charge in [0.2, 0.25) is 0 Å². The second-order valence-electron chi connectivity index (χ2n) is 7.98. The van der Waals surface area contributed by atoms with Crippen molar-refractivity contribution in [3.8, 4) is 0 Å². The van der Waals surface area contributed by atoms with Gasteiger partial charge in [-0.15, -0.1) is 11.3 Å². The van der Waals surface area contributed by atoms with E-state index in [0.29, 0.717) is 0 Å². The summed E-state index contributed by atoms with van der Waals surface area (Å²) in [7, 11) is 0. The molecule has 150 valence electrons. The van der Waals surface area contributed by atoms with Crippen molar-refractivity contribution < 1.29 is 13.2 Å². The Morgan fingerprint density at radius 2 is 1.28 bits per heavy atom. The summed E-state index contributed by atoms with van der Waals surface area (Å²) in [6.45, 7) is 6.53. The van der Waals surface area contributed by atoms with Crippen molar-refractivity contribution in [3.05, 3.63) is 71.8 Å². The van der Waals surface area contributed by atoms with Crippen LogP contribution in [0.1, 0.15) is 31.9 Å². The largest absolute Gasteiger partial charge is 0.418 e. The number of thiophene rings is 1. The Morgan fingerprint density at radius 3 is 1.93 bits per heavy atom. The standard InChI is InChI=1S/C23H19F3INS/c1-22(2,3)17-11-6-8-14-15-9-7-13-19(21(15)29-20(14)17)28(27)18-12-5-4-10-16(18)23(24,25)26/h4-13H,1-3H3. The summed E-state index contributed by atoms with van der Waals surface area (Å²) in [4.78, 5) is 0. The average molecular weight is 525 g/mol. The van der Waals surface area contributed by atoms with Gasteiger partial charge in [0.15, 0.2) is 0 Å². The van der Waals surface area contributed by atoms with Crippen LogP contribution in [0.15, 0.2) is 60.7 Å². The van der Waals surface area contributed by atoms with Crippen LogP contribution in [0, 0.1) is 0 Å². The minimum absolute atomic E-state index is 0.0204. The molecule has 0 N–H and O–H groups in total. The molecule has 1 nitrogen and oxygen atoms in total. The quantitative estimate of drug-likeness (QED) is 0.187. The summed E-state index contributed by atoms with van der Waals surface area (Å²) < 4.78 is 44.5. The number of para-hydroxylation sites is 1. The van der Waals surface area contributed by atoms with Gasteiger partial charge in [0, 0.05) is 15.5 Å². The zero-order valence-corrected chi connectivity index (χ0v) is 19.1. The van der Waals surface area contributed by atoms with E-state index >= 15 is 0 Å². The van der Waals surface area contributed by atoms with E-state index in [4.69, 9.17) is 0 Å². The Bertz CT molecular complexity index is 1200. The topological polar surface area (TPSA) is 3.24 Å². The summed E-state index contributed by atoms with van der Waals surface area (Å²) in [5.41, 5.74) is 1.50. The van der Waals surface area contributed by atoms with Crippen molar-refractivity contribution >= 4 is 65.7 Å². The maximum absolute atomic E-state index is 13.6. The lowest BCUT2D eigenvalue weighted by Crippen LogP contribution is -2.12. The lowest BCUT2D eigenvalue weighted by molar-refractivity contribution is -0.137. The predicted molar refractivity (Wildman–Crippen MR) is 126 cm³/mol. The van der Waals surface area contributed by atoms with Gasteiger partial charge in [-0.1, -0.05) is 63.2 Å². The van der Waals surface area contributed by atoms with Gasteiger partial charge in [-0.3, -0.25) is 3.11 Å². The van der Waals surface area contributed by atoms with E-state index in [9.17, 15) is 13.2 Å². The summed E-state index contributed by atoms with van der Waals surface area (Å²) >= 11 is 3.63. The van der Waals surface area contributed by atoms with Crippen LogP contribution in [0.25, 0.3) is 20.2 Å².